The third-order valence-electron chi connectivity index (χ3n) is 3.51. The molecular weight excluding hydrogens is 437 g/mol. The molecule has 1 fully saturated rings. The smallest absolute Gasteiger partial charge is 0.337 e. The Kier molecular flexibility index (Phi) is 5.42. The number of aromatic nitrogens is 4. The van der Waals surface area contributed by atoms with Gasteiger partial charge in [0.05, 0.1) is 13.4 Å². The lowest BCUT2D eigenvalue weighted by Crippen LogP contribution is -2.39. The number of methoxy groups -OCH3 is 1. The second-order valence-electron chi connectivity index (χ2n) is 4.98. The molecule has 12 heteroatoms. The average Bonchev–Trinajstić information content (AvgIpc) is 3.07. The highest BCUT2D eigenvalue weighted by Gasteiger charge is 2.49. The van der Waals surface area contributed by atoms with E-state index in [0.29, 0.717) is 0 Å². The molecule has 3 heterocycles. The number of carbonyl (C=O) groups is 1. The molecule has 0 spiro atoms. The molecule has 0 radical (unpaired) electrons. The van der Waals surface area contributed by atoms with Crippen molar-refractivity contribution in [2.75, 3.05) is 7.11 Å². The summed E-state index contributed by atoms with van der Waals surface area (Å²) in [5, 5.41) is 27.6. The highest BCUT2D eigenvalue weighted by Crippen LogP contribution is 2.22. The molecule has 0 aliphatic carbocycles. The first-order valence-electron chi connectivity index (χ1n) is 6.64. The number of rotatable bonds is 3. The zero-order valence-corrected chi connectivity index (χ0v) is 15.0. The van der Waals surface area contributed by atoms with Crippen LogP contribution in [0.5, 0.6) is 0 Å². The lowest BCUT2D eigenvalue weighted by Gasteiger charge is -2.16. The number of nitrogens with one attached hydrogen (secondary N) is 1. The highest BCUT2D eigenvalue weighted by molar-refractivity contribution is 14.0. The number of fused-ring (bicyclic) bond motifs is 1. The lowest BCUT2D eigenvalue weighted by molar-refractivity contribution is -0.181. The van der Waals surface area contributed by atoms with Gasteiger partial charge in [-0.15, -0.1) is 28.7 Å². The molecule has 0 aromatic carbocycles. The van der Waals surface area contributed by atoms with Gasteiger partial charge in [-0.1, -0.05) is 0 Å². The predicted octanol–water partition coefficient (Wildman–Crippen LogP) is -2.08. The average molecular weight is 453 g/mol. The zero-order chi connectivity index (χ0) is 16.7. The summed E-state index contributed by atoms with van der Waals surface area (Å²) in [6, 6.07) is 0. The molecular formula is C12H16IN5O6. The normalized spacial score (nSPS) is 26.2. The molecule has 11 nitrogen and oxygen atoms in total. The number of hydrogen-bond acceptors (Lipinski definition) is 9. The number of carbonyl (C=O) groups excluding carboxylic acids is 1. The van der Waals surface area contributed by atoms with Gasteiger partial charge >= 0.3 is 5.97 Å². The van der Waals surface area contributed by atoms with Crippen LogP contribution in [0.4, 0.5) is 0 Å². The minimum atomic E-state index is -1.49. The Morgan fingerprint density at radius 2 is 2.04 bits per heavy atom. The molecule has 1 aliphatic rings. The fraction of sp³-hybridized carbons (Fsp3) is 0.500. The van der Waals surface area contributed by atoms with Crippen LogP contribution < -0.4 is 10.3 Å². The van der Waals surface area contributed by atoms with E-state index in [4.69, 9.17) is 15.0 Å². The van der Waals surface area contributed by atoms with Crippen LogP contribution in [0.25, 0.3) is 11.2 Å². The van der Waals surface area contributed by atoms with Crippen molar-refractivity contribution < 1.29 is 29.3 Å². The predicted molar refractivity (Wildman–Crippen MR) is 87.0 cm³/mol. The number of ether oxygens (including phenoxy) is 2. The van der Waals surface area contributed by atoms with Crippen molar-refractivity contribution in [1.82, 2.24) is 19.3 Å². The van der Waals surface area contributed by atoms with E-state index in [1.807, 2.05) is 0 Å². The number of aliphatic hydroxyl groups excluding tert-OH is 2. The maximum Gasteiger partial charge on any atom is 0.337 e. The third kappa shape index (κ3) is 2.97. The molecule has 0 unspecified atom stereocenters. The maximum atomic E-state index is 11.5. The zero-order valence-electron chi connectivity index (χ0n) is 12.7. The number of nitrogens with zero attached hydrogens (tertiary/aromatic N) is 4. The summed E-state index contributed by atoms with van der Waals surface area (Å²) in [4.78, 5) is 25.0. The van der Waals surface area contributed by atoms with Gasteiger partial charge in [0.2, 0.25) is 5.65 Å². The first kappa shape index (κ1) is 18.6. The summed E-state index contributed by atoms with van der Waals surface area (Å²) >= 11 is 0. The summed E-state index contributed by atoms with van der Waals surface area (Å²) in [6.45, 7) is 0. The van der Waals surface area contributed by atoms with Crippen molar-refractivity contribution in [1.29, 1.82) is 5.41 Å². The van der Waals surface area contributed by atoms with Crippen molar-refractivity contribution in [3.05, 3.63) is 18.1 Å². The Balaban J connectivity index is 0.00000208. The van der Waals surface area contributed by atoms with Crippen molar-refractivity contribution >= 4 is 41.1 Å². The Morgan fingerprint density at radius 1 is 1.33 bits per heavy atom. The molecule has 0 saturated carbocycles. The fourth-order valence-electron chi connectivity index (χ4n) is 2.21. The topological polar surface area (TPSA) is 145 Å². The van der Waals surface area contributed by atoms with Crippen LogP contribution >= 0.6 is 24.0 Å². The monoisotopic (exact) mass is 453 g/mol. The molecule has 3 N–H and O–H groups in total. The van der Waals surface area contributed by atoms with Crippen LogP contribution in [-0.4, -0.2) is 67.2 Å². The molecule has 0 bridgehead atoms. The van der Waals surface area contributed by atoms with Crippen LogP contribution in [0.15, 0.2) is 12.7 Å². The van der Waals surface area contributed by atoms with E-state index in [1.165, 1.54) is 17.2 Å². The molecule has 132 valence electrons. The number of aryl methyl sites for hydroxylation is 1. The van der Waals surface area contributed by atoms with Crippen molar-refractivity contribution in [2.24, 2.45) is 7.05 Å². The van der Waals surface area contributed by atoms with E-state index in [0.717, 1.165) is 11.8 Å². The Hall–Kier alpha value is -1.77. The van der Waals surface area contributed by atoms with Crippen molar-refractivity contribution in [3.63, 3.8) is 0 Å². The number of halogens is 1. The maximum absolute atomic E-state index is 11.5. The van der Waals surface area contributed by atoms with Gasteiger partial charge in [0, 0.05) is 7.05 Å². The van der Waals surface area contributed by atoms with Gasteiger partial charge in [-0.05, 0) is 0 Å². The molecule has 24 heavy (non-hydrogen) atoms. The van der Waals surface area contributed by atoms with E-state index in [1.54, 1.807) is 7.05 Å². The molecule has 3 rings (SSSR count). The quantitative estimate of drug-likeness (QED) is 0.355. The number of esters is 1. The van der Waals surface area contributed by atoms with E-state index < -0.39 is 30.6 Å². The standard InChI is InChI=1S/C12H15N5O6.HI/c1-16-3-15-10-5(9(16)13)14-4-17(10)23-12-7(19)6(18)8(22-12)11(20)21-2;/h3-4,6-8,12-13,18-19H,1-2H3;1H/t6-,7+,8-,12-;/m0./s1. The highest BCUT2D eigenvalue weighted by atomic mass is 127. The molecule has 1 aliphatic heterocycles. The van der Waals surface area contributed by atoms with Crippen LogP contribution in [0, 0.1) is 5.41 Å². The third-order valence-corrected chi connectivity index (χ3v) is 3.51. The van der Waals surface area contributed by atoms with Crippen molar-refractivity contribution in [2.45, 2.75) is 24.6 Å². The number of imidazole rings is 1. The molecule has 1 saturated heterocycles. The van der Waals surface area contributed by atoms with Gasteiger partial charge < -0.3 is 29.1 Å². The molecule has 2 aromatic rings. The molecule has 2 aromatic heterocycles. The second-order valence-corrected chi connectivity index (χ2v) is 4.98. The van der Waals surface area contributed by atoms with Gasteiger partial charge in [0.25, 0.3) is 6.29 Å². The summed E-state index contributed by atoms with van der Waals surface area (Å²) in [6.07, 6.45) is -2.97. The first-order chi connectivity index (χ1) is 10.9. The summed E-state index contributed by atoms with van der Waals surface area (Å²) < 4.78 is 12.3. The van der Waals surface area contributed by atoms with Gasteiger partial charge in [-0.3, -0.25) is 5.41 Å². The Morgan fingerprint density at radius 3 is 2.71 bits per heavy atom. The van der Waals surface area contributed by atoms with Gasteiger partial charge in [-0.25, -0.2) is 14.8 Å². The summed E-state index contributed by atoms with van der Waals surface area (Å²) in [5.74, 6) is -0.822. The minimum absolute atomic E-state index is 0. The SMILES string of the molecule is COC(=O)[C@H]1O[C@@H](On2cnc3c(=N)n(C)cnc32)[C@H](O)[C@@H]1O.I. The van der Waals surface area contributed by atoms with E-state index in [-0.39, 0.29) is 40.6 Å². The Bertz CT molecular complexity index is 807. The lowest BCUT2D eigenvalue weighted by atomic mass is 10.1. The van der Waals surface area contributed by atoms with Crippen LogP contribution in [0.2, 0.25) is 0 Å². The van der Waals surface area contributed by atoms with Gasteiger partial charge in [-0.2, -0.15) is 0 Å². The van der Waals surface area contributed by atoms with Crippen LogP contribution in [0.3, 0.4) is 0 Å². The largest absolute Gasteiger partial charge is 0.467 e. The van der Waals surface area contributed by atoms with Crippen molar-refractivity contribution in [3.8, 4) is 0 Å². The van der Waals surface area contributed by atoms with Gasteiger partial charge in [0.1, 0.15) is 18.5 Å². The van der Waals surface area contributed by atoms with Crippen LogP contribution in [0.1, 0.15) is 0 Å². The van der Waals surface area contributed by atoms with Crippen LogP contribution in [-0.2, 0) is 21.3 Å². The van der Waals surface area contributed by atoms with E-state index >= 15 is 0 Å². The van der Waals surface area contributed by atoms with E-state index in [2.05, 4.69) is 14.7 Å². The minimum Gasteiger partial charge on any atom is -0.467 e. The number of aliphatic hydroxyl groups is 2. The summed E-state index contributed by atoms with van der Waals surface area (Å²) in [7, 11) is 2.79. The fourth-order valence-corrected chi connectivity index (χ4v) is 2.21. The van der Waals surface area contributed by atoms with Gasteiger partial charge in [0.15, 0.2) is 17.1 Å². The molecule has 4 atom stereocenters. The number of hydrogen-bond donors (Lipinski definition) is 3. The summed E-state index contributed by atoms with van der Waals surface area (Å²) in [5.41, 5.74) is 0.644. The first-order valence-corrected chi connectivity index (χ1v) is 6.64. The molecule has 0 amide bonds. The second kappa shape index (κ2) is 7.00. The van der Waals surface area contributed by atoms with E-state index in [9.17, 15) is 15.0 Å². The Labute approximate surface area is 152 Å².